The van der Waals surface area contributed by atoms with Crippen LogP contribution in [0.2, 0.25) is 0 Å². The molecule has 0 saturated carbocycles. The summed E-state index contributed by atoms with van der Waals surface area (Å²) in [5.41, 5.74) is -0.645. The summed E-state index contributed by atoms with van der Waals surface area (Å²) < 4.78 is 6.46. The van der Waals surface area contributed by atoms with Gasteiger partial charge >= 0.3 is 11.7 Å². The molecule has 20 heavy (non-hydrogen) atoms. The third kappa shape index (κ3) is 2.58. The van der Waals surface area contributed by atoms with Gasteiger partial charge < -0.3 is 14.1 Å². The van der Waals surface area contributed by atoms with Gasteiger partial charge in [-0.1, -0.05) is 0 Å². The van der Waals surface area contributed by atoms with Crippen molar-refractivity contribution in [3.05, 3.63) is 61.9 Å². The molecule has 0 aliphatic heterocycles. The summed E-state index contributed by atoms with van der Waals surface area (Å²) in [6, 6.07) is 2.44. The first-order valence-electron chi connectivity index (χ1n) is 5.55. The summed E-state index contributed by atoms with van der Waals surface area (Å²) in [6.07, 6.45) is 2.50. The summed E-state index contributed by atoms with van der Waals surface area (Å²) in [5, 5.41) is 19.5. The summed E-state index contributed by atoms with van der Waals surface area (Å²) in [6.45, 7) is 1.77. The molecule has 0 aromatic carbocycles. The molecule has 0 unspecified atom stereocenters. The van der Waals surface area contributed by atoms with E-state index in [-0.39, 0.29) is 12.3 Å². The van der Waals surface area contributed by atoms with Gasteiger partial charge in [-0.15, -0.1) is 0 Å². The normalized spacial score (nSPS) is 10.4. The standard InChI is InChI=1S/C12H10N2O6/c1-7-8(4-11(20-7)12(16)17)5-13-3-2-10(15)9(6-13)14(18)19/h2-4,6H,5H2,1H3,(H,16,17). The van der Waals surface area contributed by atoms with Gasteiger partial charge in [-0.05, 0) is 13.0 Å². The molecule has 2 aromatic heterocycles. The van der Waals surface area contributed by atoms with Crippen molar-refractivity contribution >= 4 is 11.7 Å². The fourth-order valence-electron chi connectivity index (χ4n) is 1.73. The van der Waals surface area contributed by atoms with E-state index in [1.165, 1.54) is 16.8 Å². The van der Waals surface area contributed by atoms with E-state index in [2.05, 4.69) is 0 Å². The van der Waals surface area contributed by atoms with E-state index < -0.39 is 22.0 Å². The van der Waals surface area contributed by atoms with Crippen LogP contribution in [-0.4, -0.2) is 20.6 Å². The first kappa shape index (κ1) is 13.5. The van der Waals surface area contributed by atoms with Gasteiger partial charge in [-0.2, -0.15) is 0 Å². The van der Waals surface area contributed by atoms with Crippen LogP contribution in [0.4, 0.5) is 5.69 Å². The molecular weight excluding hydrogens is 268 g/mol. The number of pyridine rings is 1. The van der Waals surface area contributed by atoms with E-state index in [9.17, 15) is 19.7 Å². The van der Waals surface area contributed by atoms with Crippen LogP contribution in [0.25, 0.3) is 0 Å². The van der Waals surface area contributed by atoms with E-state index in [4.69, 9.17) is 9.52 Å². The molecule has 0 aliphatic rings. The largest absolute Gasteiger partial charge is 0.475 e. The molecule has 0 atom stereocenters. The predicted molar refractivity (Wildman–Crippen MR) is 66.9 cm³/mol. The highest BCUT2D eigenvalue weighted by molar-refractivity contribution is 5.84. The molecule has 0 bridgehead atoms. The first-order chi connectivity index (χ1) is 9.38. The molecule has 104 valence electrons. The Kier molecular flexibility index (Phi) is 3.38. The summed E-state index contributed by atoms with van der Waals surface area (Å²) in [5.74, 6) is -0.984. The highest BCUT2D eigenvalue weighted by Crippen LogP contribution is 2.16. The van der Waals surface area contributed by atoms with Gasteiger partial charge in [0.05, 0.1) is 17.7 Å². The number of hydrogen-bond acceptors (Lipinski definition) is 5. The Morgan fingerprint density at radius 1 is 1.55 bits per heavy atom. The Balaban J connectivity index is 2.35. The van der Waals surface area contributed by atoms with Gasteiger partial charge in [0.25, 0.3) is 5.43 Å². The van der Waals surface area contributed by atoms with Gasteiger partial charge in [0.1, 0.15) is 5.76 Å². The van der Waals surface area contributed by atoms with E-state index in [0.717, 1.165) is 12.3 Å². The Labute approximate surface area is 112 Å². The minimum Gasteiger partial charge on any atom is -0.475 e. The quantitative estimate of drug-likeness (QED) is 0.667. The summed E-state index contributed by atoms with van der Waals surface area (Å²) in [7, 11) is 0. The topological polar surface area (TPSA) is 116 Å². The minimum absolute atomic E-state index is 0.170. The van der Waals surface area contributed by atoms with Crippen LogP contribution >= 0.6 is 0 Å². The maximum atomic E-state index is 11.3. The van der Waals surface area contributed by atoms with Crippen molar-refractivity contribution in [1.29, 1.82) is 0 Å². The van der Waals surface area contributed by atoms with E-state index >= 15 is 0 Å². The molecule has 1 N–H and O–H groups in total. The van der Waals surface area contributed by atoms with Crippen molar-refractivity contribution < 1.29 is 19.2 Å². The van der Waals surface area contributed by atoms with Crippen molar-refractivity contribution in [2.75, 3.05) is 0 Å². The lowest BCUT2D eigenvalue weighted by Crippen LogP contribution is -2.11. The van der Waals surface area contributed by atoms with Crippen LogP contribution in [0.15, 0.2) is 33.7 Å². The molecule has 0 aliphatic carbocycles. The van der Waals surface area contributed by atoms with Crippen LogP contribution in [-0.2, 0) is 6.54 Å². The number of nitro groups is 1. The predicted octanol–water partition coefficient (Wildman–Crippen LogP) is 1.40. The van der Waals surface area contributed by atoms with Gasteiger partial charge in [0, 0.05) is 17.8 Å². The van der Waals surface area contributed by atoms with E-state index in [1.807, 2.05) is 0 Å². The van der Waals surface area contributed by atoms with Crippen molar-refractivity contribution in [2.45, 2.75) is 13.5 Å². The van der Waals surface area contributed by atoms with Crippen LogP contribution in [0.1, 0.15) is 21.9 Å². The van der Waals surface area contributed by atoms with Crippen molar-refractivity contribution in [2.24, 2.45) is 0 Å². The van der Waals surface area contributed by atoms with Crippen LogP contribution in [0.5, 0.6) is 0 Å². The lowest BCUT2D eigenvalue weighted by Gasteiger charge is -2.04. The smallest absolute Gasteiger partial charge is 0.371 e. The van der Waals surface area contributed by atoms with Gasteiger partial charge in [-0.3, -0.25) is 14.9 Å². The van der Waals surface area contributed by atoms with Crippen molar-refractivity contribution in [3.63, 3.8) is 0 Å². The fourth-order valence-corrected chi connectivity index (χ4v) is 1.73. The molecule has 0 amide bonds. The molecule has 0 radical (unpaired) electrons. The molecule has 0 saturated heterocycles. The molecule has 8 heteroatoms. The lowest BCUT2D eigenvalue weighted by molar-refractivity contribution is -0.386. The summed E-state index contributed by atoms with van der Waals surface area (Å²) in [4.78, 5) is 32.0. The zero-order chi connectivity index (χ0) is 14.9. The zero-order valence-corrected chi connectivity index (χ0v) is 10.4. The zero-order valence-electron chi connectivity index (χ0n) is 10.4. The minimum atomic E-state index is -1.19. The average molecular weight is 278 g/mol. The van der Waals surface area contributed by atoms with E-state index in [0.29, 0.717) is 11.3 Å². The highest BCUT2D eigenvalue weighted by atomic mass is 16.6. The van der Waals surface area contributed by atoms with Gasteiger partial charge in [-0.25, -0.2) is 4.79 Å². The fraction of sp³-hybridized carbons (Fsp3) is 0.167. The number of aromatic nitrogens is 1. The Bertz CT molecular complexity index is 743. The molecule has 0 fully saturated rings. The first-order valence-corrected chi connectivity index (χ1v) is 5.55. The second kappa shape index (κ2) is 5.00. The Morgan fingerprint density at radius 3 is 2.80 bits per heavy atom. The third-order valence-electron chi connectivity index (χ3n) is 2.74. The highest BCUT2D eigenvalue weighted by Gasteiger charge is 2.15. The number of aromatic carboxylic acids is 1. The molecule has 2 heterocycles. The lowest BCUT2D eigenvalue weighted by atomic mass is 10.2. The number of rotatable bonds is 4. The average Bonchev–Trinajstić information content (AvgIpc) is 2.73. The van der Waals surface area contributed by atoms with Crippen LogP contribution < -0.4 is 5.43 Å². The van der Waals surface area contributed by atoms with Crippen molar-refractivity contribution in [3.8, 4) is 0 Å². The van der Waals surface area contributed by atoms with Crippen LogP contribution in [0.3, 0.4) is 0 Å². The maximum absolute atomic E-state index is 11.3. The number of aryl methyl sites for hydroxylation is 1. The van der Waals surface area contributed by atoms with Crippen molar-refractivity contribution in [1.82, 2.24) is 4.57 Å². The third-order valence-corrected chi connectivity index (χ3v) is 2.74. The summed E-state index contributed by atoms with van der Waals surface area (Å²) >= 11 is 0. The second-order valence-corrected chi connectivity index (χ2v) is 4.12. The number of nitrogens with zero attached hydrogens (tertiary/aromatic N) is 2. The monoisotopic (exact) mass is 278 g/mol. The second-order valence-electron chi connectivity index (χ2n) is 4.12. The van der Waals surface area contributed by atoms with E-state index in [1.54, 1.807) is 6.92 Å². The molecule has 8 nitrogen and oxygen atoms in total. The molecule has 2 aromatic rings. The molecule has 2 rings (SSSR count). The number of carboxylic acid groups (broad SMARTS) is 1. The Morgan fingerprint density at radius 2 is 2.25 bits per heavy atom. The Hall–Kier alpha value is -2.90. The van der Waals surface area contributed by atoms with Crippen LogP contribution in [0, 0.1) is 17.0 Å². The van der Waals surface area contributed by atoms with Gasteiger partial charge in [0.15, 0.2) is 0 Å². The van der Waals surface area contributed by atoms with Gasteiger partial charge in [0.2, 0.25) is 5.76 Å². The number of furan rings is 1. The number of hydrogen-bond donors (Lipinski definition) is 1. The number of carbonyl (C=O) groups is 1. The molecule has 0 spiro atoms. The molecular formula is C12H10N2O6. The number of carboxylic acids is 1. The SMILES string of the molecule is Cc1oc(C(=O)O)cc1Cn1ccc(=O)c([N+](=O)[O-])c1. The maximum Gasteiger partial charge on any atom is 0.371 e.